The molecule has 0 amide bonds. The minimum atomic E-state index is 0.552. The van der Waals surface area contributed by atoms with Crippen LogP contribution in [0.2, 0.25) is 0 Å². The van der Waals surface area contributed by atoms with Gasteiger partial charge in [-0.25, -0.2) is 0 Å². The van der Waals surface area contributed by atoms with Gasteiger partial charge in [0.1, 0.15) is 23.9 Å². The van der Waals surface area contributed by atoms with Crippen molar-refractivity contribution in [2.45, 2.75) is 13.2 Å². The van der Waals surface area contributed by atoms with Crippen molar-refractivity contribution in [1.82, 2.24) is 0 Å². The molecule has 0 aliphatic carbocycles. The molecular formula is C30H25NO2. The summed E-state index contributed by atoms with van der Waals surface area (Å²) < 4.78 is 11.9. The largest absolute Gasteiger partial charge is 0.489 e. The van der Waals surface area contributed by atoms with Crippen molar-refractivity contribution >= 4 is 16.5 Å². The number of fused-ring (bicyclic) bond motifs is 1. The average molecular weight is 432 g/mol. The molecule has 0 fully saturated rings. The predicted molar refractivity (Wildman–Crippen MR) is 135 cm³/mol. The average Bonchev–Trinajstić information content (AvgIpc) is 2.88. The molecular weight excluding hydrogens is 406 g/mol. The van der Waals surface area contributed by atoms with Crippen LogP contribution in [0.4, 0.5) is 5.69 Å². The van der Waals surface area contributed by atoms with Gasteiger partial charge in [-0.05, 0) is 70.4 Å². The number of hydrogen-bond acceptors (Lipinski definition) is 3. The highest BCUT2D eigenvalue weighted by molar-refractivity contribution is 5.85. The van der Waals surface area contributed by atoms with Gasteiger partial charge in [-0.3, -0.25) is 0 Å². The summed E-state index contributed by atoms with van der Waals surface area (Å²) in [5.74, 6) is 2.52. The molecule has 0 aromatic heterocycles. The zero-order chi connectivity index (χ0) is 22.3. The van der Waals surface area contributed by atoms with Gasteiger partial charge >= 0.3 is 0 Å². The molecule has 0 atom stereocenters. The Kier molecular flexibility index (Phi) is 6.21. The Balaban J connectivity index is 1.14. The molecule has 33 heavy (non-hydrogen) atoms. The lowest BCUT2D eigenvalue weighted by Gasteiger charge is -2.11. The van der Waals surface area contributed by atoms with Crippen LogP contribution in [0, 0.1) is 0 Å². The number of nitrogens with one attached hydrogen (secondary N) is 1. The number of anilines is 1. The molecule has 0 unspecified atom stereocenters. The van der Waals surface area contributed by atoms with Crippen molar-refractivity contribution in [1.29, 1.82) is 0 Å². The van der Waals surface area contributed by atoms with Crippen LogP contribution in [0.5, 0.6) is 17.2 Å². The van der Waals surface area contributed by atoms with Gasteiger partial charge in [0, 0.05) is 12.2 Å². The van der Waals surface area contributed by atoms with Crippen LogP contribution in [0.15, 0.2) is 121 Å². The summed E-state index contributed by atoms with van der Waals surface area (Å²) in [7, 11) is 0. The maximum atomic E-state index is 6.05. The molecule has 0 radical (unpaired) electrons. The molecule has 0 aliphatic rings. The van der Waals surface area contributed by atoms with Crippen molar-refractivity contribution < 1.29 is 9.47 Å². The molecule has 0 heterocycles. The second-order valence-corrected chi connectivity index (χ2v) is 7.86. The summed E-state index contributed by atoms with van der Waals surface area (Å²) >= 11 is 0. The van der Waals surface area contributed by atoms with E-state index in [0.717, 1.165) is 29.5 Å². The summed E-state index contributed by atoms with van der Waals surface area (Å²) in [6.07, 6.45) is 0. The quantitative estimate of drug-likeness (QED) is 0.272. The van der Waals surface area contributed by atoms with Gasteiger partial charge < -0.3 is 14.8 Å². The van der Waals surface area contributed by atoms with E-state index in [1.807, 2.05) is 66.7 Å². The fourth-order valence-electron chi connectivity index (χ4n) is 3.75. The third-order valence-corrected chi connectivity index (χ3v) is 5.53. The maximum Gasteiger partial charge on any atom is 0.127 e. The van der Waals surface area contributed by atoms with E-state index in [0.29, 0.717) is 6.61 Å². The molecule has 0 saturated carbocycles. The molecule has 0 spiro atoms. The van der Waals surface area contributed by atoms with Gasteiger partial charge in [0.05, 0.1) is 0 Å². The Bertz CT molecular complexity index is 1310. The fourth-order valence-corrected chi connectivity index (χ4v) is 3.75. The van der Waals surface area contributed by atoms with Gasteiger partial charge in [0.15, 0.2) is 0 Å². The van der Waals surface area contributed by atoms with Crippen LogP contribution in [-0.4, -0.2) is 0 Å². The Labute approximate surface area is 194 Å². The molecule has 162 valence electrons. The van der Waals surface area contributed by atoms with Gasteiger partial charge in [0.2, 0.25) is 0 Å². The van der Waals surface area contributed by atoms with Crippen molar-refractivity contribution in [2.24, 2.45) is 0 Å². The minimum absolute atomic E-state index is 0.552. The van der Waals surface area contributed by atoms with Crippen LogP contribution in [-0.2, 0) is 13.2 Å². The molecule has 0 saturated heterocycles. The first-order chi connectivity index (χ1) is 16.3. The second-order valence-electron chi connectivity index (χ2n) is 7.86. The monoisotopic (exact) mass is 431 g/mol. The van der Waals surface area contributed by atoms with E-state index in [4.69, 9.17) is 9.47 Å². The fraction of sp³-hybridized carbons (Fsp3) is 0.0667. The van der Waals surface area contributed by atoms with Gasteiger partial charge in [-0.2, -0.15) is 0 Å². The van der Waals surface area contributed by atoms with Crippen molar-refractivity contribution in [3.05, 3.63) is 132 Å². The second kappa shape index (κ2) is 9.92. The van der Waals surface area contributed by atoms with E-state index >= 15 is 0 Å². The van der Waals surface area contributed by atoms with Gasteiger partial charge in [-0.1, -0.05) is 72.8 Å². The Hall–Kier alpha value is -4.24. The zero-order valence-corrected chi connectivity index (χ0v) is 18.3. The molecule has 0 bridgehead atoms. The number of benzene rings is 5. The van der Waals surface area contributed by atoms with Crippen molar-refractivity contribution in [3.8, 4) is 17.2 Å². The summed E-state index contributed by atoms with van der Waals surface area (Å²) in [6, 6.07) is 40.8. The topological polar surface area (TPSA) is 30.5 Å². The molecule has 1 N–H and O–H groups in total. The third kappa shape index (κ3) is 5.34. The first-order valence-electron chi connectivity index (χ1n) is 11.1. The Morgan fingerprint density at radius 2 is 1.21 bits per heavy atom. The molecule has 3 nitrogen and oxygen atoms in total. The van der Waals surface area contributed by atoms with E-state index in [9.17, 15) is 0 Å². The lowest BCUT2D eigenvalue weighted by Crippen LogP contribution is -2.00. The molecule has 5 rings (SSSR count). The Morgan fingerprint density at radius 1 is 0.545 bits per heavy atom. The van der Waals surface area contributed by atoms with Crippen molar-refractivity contribution in [3.63, 3.8) is 0 Å². The summed E-state index contributed by atoms with van der Waals surface area (Å²) in [4.78, 5) is 0. The van der Waals surface area contributed by atoms with Crippen LogP contribution in [0.3, 0.4) is 0 Å². The normalized spacial score (nSPS) is 10.7. The predicted octanol–water partition coefficient (Wildman–Crippen LogP) is 7.82. The third-order valence-electron chi connectivity index (χ3n) is 5.53. The highest BCUT2D eigenvalue weighted by Crippen LogP contribution is 2.24. The van der Waals surface area contributed by atoms with E-state index in [2.05, 4.69) is 59.9 Å². The molecule has 5 aromatic carbocycles. The smallest absolute Gasteiger partial charge is 0.127 e. The molecule has 5 aromatic rings. The zero-order valence-electron chi connectivity index (χ0n) is 18.3. The molecule has 0 aliphatic heterocycles. The lowest BCUT2D eigenvalue weighted by atomic mass is 10.1. The number of para-hydroxylation sites is 1. The van der Waals surface area contributed by atoms with Crippen LogP contribution >= 0.6 is 0 Å². The Morgan fingerprint density at radius 3 is 2.03 bits per heavy atom. The lowest BCUT2D eigenvalue weighted by molar-refractivity contribution is 0.307. The van der Waals surface area contributed by atoms with E-state index < -0.39 is 0 Å². The first kappa shape index (κ1) is 20.7. The SMILES string of the molecule is c1ccc(Oc2ccc(NCc3ccc(OCc4cccc5ccccc45)cc3)cc2)cc1. The highest BCUT2D eigenvalue weighted by atomic mass is 16.5. The summed E-state index contributed by atoms with van der Waals surface area (Å²) in [5.41, 5.74) is 3.43. The van der Waals surface area contributed by atoms with Crippen LogP contribution in [0.1, 0.15) is 11.1 Å². The maximum absolute atomic E-state index is 6.05. The highest BCUT2D eigenvalue weighted by Gasteiger charge is 2.03. The van der Waals surface area contributed by atoms with Gasteiger partial charge in [-0.15, -0.1) is 0 Å². The van der Waals surface area contributed by atoms with Crippen molar-refractivity contribution in [2.75, 3.05) is 5.32 Å². The minimum Gasteiger partial charge on any atom is -0.489 e. The standard InChI is InChI=1S/C30H25NO2/c1-2-10-28(11-3-1)33-29-19-15-26(16-20-29)31-21-23-13-17-27(18-14-23)32-22-25-9-6-8-24-7-4-5-12-30(24)25/h1-20,31H,21-22H2. The van der Waals surface area contributed by atoms with E-state index in [1.54, 1.807) is 0 Å². The number of hydrogen-bond donors (Lipinski definition) is 1. The first-order valence-corrected chi connectivity index (χ1v) is 11.1. The summed E-state index contributed by atoms with van der Waals surface area (Å²) in [6.45, 7) is 1.29. The number of ether oxygens (including phenoxy) is 2. The number of rotatable bonds is 8. The van der Waals surface area contributed by atoms with Crippen LogP contribution < -0.4 is 14.8 Å². The van der Waals surface area contributed by atoms with Crippen LogP contribution in [0.25, 0.3) is 10.8 Å². The van der Waals surface area contributed by atoms with Gasteiger partial charge in [0.25, 0.3) is 0 Å². The molecule has 3 heteroatoms. The summed E-state index contributed by atoms with van der Waals surface area (Å²) in [5, 5.41) is 5.93. The van der Waals surface area contributed by atoms with E-state index in [1.165, 1.54) is 21.9 Å². The van der Waals surface area contributed by atoms with E-state index in [-0.39, 0.29) is 0 Å².